The molecule has 2 fully saturated rings. The Kier molecular flexibility index (Phi) is 8.05. The highest BCUT2D eigenvalue weighted by atomic mass is 16.5. The second-order valence-electron chi connectivity index (χ2n) is 9.71. The van der Waals surface area contributed by atoms with Crippen LogP contribution in [0.3, 0.4) is 0 Å². The van der Waals surface area contributed by atoms with Crippen LogP contribution in [0.5, 0.6) is 11.5 Å². The minimum Gasteiger partial charge on any atom is -0.497 e. The van der Waals surface area contributed by atoms with Gasteiger partial charge in [-0.2, -0.15) is 0 Å². The van der Waals surface area contributed by atoms with Gasteiger partial charge in [-0.15, -0.1) is 0 Å². The van der Waals surface area contributed by atoms with Crippen LogP contribution >= 0.6 is 0 Å². The van der Waals surface area contributed by atoms with E-state index in [2.05, 4.69) is 47.9 Å². The molecular formula is C28H38N2O3. The molecule has 2 saturated heterocycles. The van der Waals surface area contributed by atoms with E-state index in [1.807, 2.05) is 24.3 Å². The fourth-order valence-electron chi connectivity index (χ4n) is 5.29. The van der Waals surface area contributed by atoms with Crippen molar-refractivity contribution in [3.8, 4) is 11.5 Å². The summed E-state index contributed by atoms with van der Waals surface area (Å²) in [6.45, 7) is 8.59. The van der Waals surface area contributed by atoms with Crippen molar-refractivity contribution in [2.24, 2.45) is 5.92 Å². The van der Waals surface area contributed by atoms with Crippen LogP contribution in [0.1, 0.15) is 62.7 Å². The number of methoxy groups -OCH3 is 1. The first-order chi connectivity index (χ1) is 16.1. The van der Waals surface area contributed by atoms with Crippen molar-refractivity contribution in [2.75, 3.05) is 33.4 Å². The predicted octanol–water partition coefficient (Wildman–Crippen LogP) is 5.27. The highest BCUT2D eigenvalue weighted by molar-refractivity contribution is 5.62. The van der Waals surface area contributed by atoms with Gasteiger partial charge in [-0.1, -0.05) is 24.3 Å². The third-order valence-corrected chi connectivity index (χ3v) is 7.35. The molecule has 5 heteroatoms. The normalized spacial score (nSPS) is 21.3. The Hall–Kier alpha value is -2.37. The fourth-order valence-corrected chi connectivity index (χ4v) is 5.29. The van der Waals surface area contributed by atoms with E-state index in [-0.39, 0.29) is 12.1 Å². The standard InChI is InChI=1S/C28H38N2O3/c1-21(2)29-16-13-22(14-17-29)20-33-26-7-4-6-24(18-26)27-8-5-15-30(27)28(19-31)23-9-11-25(32-3)12-10-23/h4,6-7,9-12,18-19,21-22,27-28H,5,8,13-17,20H2,1-3H3. The van der Waals surface area contributed by atoms with Crippen molar-refractivity contribution >= 4 is 6.29 Å². The van der Waals surface area contributed by atoms with Gasteiger partial charge >= 0.3 is 0 Å². The average molecular weight is 451 g/mol. The first kappa shape index (κ1) is 23.8. The number of carbonyl (C=O) groups excluding carboxylic acids is 1. The zero-order valence-electron chi connectivity index (χ0n) is 20.3. The summed E-state index contributed by atoms with van der Waals surface area (Å²) >= 11 is 0. The van der Waals surface area contributed by atoms with Gasteiger partial charge in [0.05, 0.1) is 19.8 Å². The lowest BCUT2D eigenvalue weighted by atomic mass is 9.97. The molecule has 2 unspecified atom stereocenters. The summed E-state index contributed by atoms with van der Waals surface area (Å²) in [4.78, 5) is 17.0. The lowest BCUT2D eigenvalue weighted by molar-refractivity contribution is -0.113. The molecule has 2 aliphatic heterocycles. The van der Waals surface area contributed by atoms with Gasteiger partial charge in [-0.25, -0.2) is 0 Å². The van der Waals surface area contributed by atoms with E-state index < -0.39 is 0 Å². The number of piperidine rings is 1. The van der Waals surface area contributed by atoms with Crippen LogP contribution in [0.15, 0.2) is 48.5 Å². The lowest BCUT2D eigenvalue weighted by Gasteiger charge is -2.34. The Labute approximate surface area is 198 Å². The van der Waals surface area contributed by atoms with E-state index in [0.717, 1.165) is 49.3 Å². The molecule has 0 N–H and O–H groups in total. The number of carbonyl (C=O) groups is 1. The summed E-state index contributed by atoms with van der Waals surface area (Å²) in [7, 11) is 1.66. The minimum atomic E-state index is -0.251. The summed E-state index contributed by atoms with van der Waals surface area (Å²) < 4.78 is 11.5. The van der Waals surface area contributed by atoms with Crippen molar-refractivity contribution in [1.82, 2.24) is 9.80 Å². The quantitative estimate of drug-likeness (QED) is 0.487. The Balaban J connectivity index is 1.40. The Morgan fingerprint density at radius 1 is 1.00 bits per heavy atom. The molecule has 0 spiro atoms. The minimum absolute atomic E-state index is 0.222. The van der Waals surface area contributed by atoms with Crippen molar-refractivity contribution in [2.45, 2.75) is 57.7 Å². The fraction of sp³-hybridized carbons (Fsp3) is 0.536. The third kappa shape index (κ3) is 5.77. The monoisotopic (exact) mass is 450 g/mol. The maximum atomic E-state index is 12.1. The highest BCUT2D eigenvalue weighted by Crippen LogP contribution is 2.39. The van der Waals surface area contributed by atoms with Gasteiger partial charge < -0.3 is 19.2 Å². The molecule has 0 saturated carbocycles. The van der Waals surface area contributed by atoms with Crippen molar-refractivity contribution in [3.05, 3.63) is 59.7 Å². The number of ether oxygens (including phenoxy) is 2. The summed E-state index contributed by atoms with van der Waals surface area (Å²) in [6, 6.07) is 17.0. The molecule has 0 aromatic heterocycles. The molecule has 178 valence electrons. The summed E-state index contributed by atoms with van der Waals surface area (Å²) in [5, 5.41) is 0. The summed E-state index contributed by atoms with van der Waals surface area (Å²) in [5.41, 5.74) is 2.25. The van der Waals surface area contributed by atoms with E-state index in [4.69, 9.17) is 9.47 Å². The Morgan fingerprint density at radius 2 is 1.76 bits per heavy atom. The van der Waals surface area contributed by atoms with E-state index in [1.165, 1.54) is 31.5 Å². The summed E-state index contributed by atoms with van der Waals surface area (Å²) in [6.07, 6.45) is 5.63. The molecule has 5 nitrogen and oxygen atoms in total. The SMILES string of the molecule is COc1ccc(C(C=O)N2CCCC2c2cccc(OCC3CCN(C(C)C)CC3)c2)cc1. The van der Waals surface area contributed by atoms with Gasteiger partial charge in [0, 0.05) is 12.1 Å². The Morgan fingerprint density at radius 3 is 2.42 bits per heavy atom. The van der Waals surface area contributed by atoms with Gasteiger partial charge in [-0.05, 0) is 100 Å². The molecule has 0 amide bonds. The van der Waals surface area contributed by atoms with Gasteiger partial charge in [0.25, 0.3) is 0 Å². The number of likely N-dealkylation sites (tertiary alicyclic amines) is 2. The highest BCUT2D eigenvalue weighted by Gasteiger charge is 2.32. The van der Waals surface area contributed by atoms with Gasteiger partial charge in [0.15, 0.2) is 0 Å². The molecule has 0 bridgehead atoms. The topological polar surface area (TPSA) is 42.0 Å². The molecule has 33 heavy (non-hydrogen) atoms. The number of nitrogens with zero attached hydrogens (tertiary/aromatic N) is 2. The second kappa shape index (κ2) is 11.2. The molecule has 0 radical (unpaired) electrons. The van der Waals surface area contributed by atoms with Gasteiger partial charge in [0.2, 0.25) is 0 Å². The number of aldehydes is 1. The van der Waals surface area contributed by atoms with Crippen LogP contribution in [0.4, 0.5) is 0 Å². The molecule has 2 atom stereocenters. The molecule has 4 rings (SSSR count). The van der Waals surface area contributed by atoms with E-state index in [9.17, 15) is 4.79 Å². The van der Waals surface area contributed by atoms with Crippen LogP contribution in [-0.2, 0) is 4.79 Å². The van der Waals surface area contributed by atoms with Crippen LogP contribution in [0, 0.1) is 5.92 Å². The van der Waals surface area contributed by atoms with Crippen molar-refractivity contribution in [3.63, 3.8) is 0 Å². The first-order valence-electron chi connectivity index (χ1n) is 12.4. The van der Waals surface area contributed by atoms with Crippen LogP contribution in [-0.4, -0.2) is 55.5 Å². The smallest absolute Gasteiger partial charge is 0.141 e. The maximum Gasteiger partial charge on any atom is 0.141 e. The van der Waals surface area contributed by atoms with Crippen LogP contribution in [0.25, 0.3) is 0 Å². The molecule has 2 aromatic rings. The molecule has 2 heterocycles. The van der Waals surface area contributed by atoms with E-state index >= 15 is 0 Å². The number of hydrogen-bond acceptors (Lipinski definition) is 5. The number of rotatable bonds is 9. The largest absolute Gasteiger partial charge is 0.497 e. The lowest BCUT2D eigenvalue weighted by Crippen LogP contribution is -2.39. The van der Waals surface area contributed by atoms with Crippen LogP contribution < -0.4 is 9.47 Å². The number of hydrogen-bond donors (Lipinski definition) is 0. The third-order valence-electron chi connectivity index (χ3n) is 7.35. The molecular weight excluding hydrogens is 412 g/mol. The van der Waals surface area contributed by atoms with E-state index in [0.29, 0.717) is 12.0 Å². The molecule has 0 aliphatic carbocycles. The zero-order valence-corrected chi connectivity index (χ0v) is 20.3. The van der Waals surface area contributed by atoms with Gasteiger partial charge in [0.1, 0.15) is 17.8 Å². The maximum absolute atomic E-state index is 12.1. The van der Waals surface area contributed by atoms with E-state index in [1.54, 1.807) is 7.11 Å². The predicted molar refractivity (Wildman–Crippen MR) is 132 cm³/mol. The zero-order chi connectivity index (χ0) is 23.2. The molecule has 2 aromatic carbocycles. The molecule has 2 aliphatic rings. The average Bonchev–Trinajstić information content (AvgIpc) is 3.34. The number of benzene rings is 2. The summed E-state index contributed by atoms with van der Waals surface area (Å²) in [5.74, 6) is 2.37. The van der Waals surface area contributed by atoms with Crippen molar-refractivity contribution in [1.29, 1.82) is 0 Å². The van der Waals surface area contributed by atoms with Gasteiger partial charge in [-0.3, -0.25) is 4.90 Å². The second-order valence-corrected chi connectivity index (χ2v) is 9.71. The van der Waals surface area contributed by atoms with Crippen molar-refractivity contribution < 1.29 is 14.3 Å². The van der Waals surface area contributed by atoms with Crippen LogP contribution in [0.2, 0.25) is 0 Å². The first-order valence-corrected chi connectivity index (χ1v) is 12.4. The Bertz CT molecular complexity index is 890.